The third-order valence-electron chi connectivity index (χ3n) is 5.45. The lowest BCUT2D eigenvalue weighted by Crippen LogP contribution is -2.44. The maximum absolute atomic E-state index is 13.7. The second kappa shape index (κ2) is 10.2. The molecule has 3 aromatic rings. The van der Waals surface area contributed by atoms with Crippen molar-refractivity contribution in [3.63, 3.8) is 0 Å². The first kappa shape index (κ1) is 25.7. The molecule has 0 aromatic heterocycles. The summed E-state index contributed by atoms with van der Waals surface area (Å²) in [5, 5.41) is 0. The van der Waals surface area contributed by atoms with E-state index in [0.29, 0.717) is 20.8 Å². The first-order valence-electron chi connectivity index (χ1n) is 10.6. The van der Waals surface area contributed by atoms with E-state index in [9.17, 15) is 16.8 Å². The van der Waals surface area contributed by atoms with Crippen molar-refractivity contribution >= 4 is 20.0 Å². The Labute approximate surface area is 202 Å². The Balaban J connectivity index is 2.11. The summed E-state index contributed by atoms with van der Waals surface area (Å²) in [6, 6.07) is 16.5. The summed E-state index contributed by atoms with van der Waals surface area (Å²) in [5.74, 6) is 0.997. The highest BCUT2D eigenvalue weighted by Crippen LogP contribution is 2.31. The van der Waals surface area contributed by atoms with Crippen LogP contribution >= 0.6 is 0 Å². The van der Waals surface area contributed by atoms with E-state index < -0.39 is 26.1 Å². The topological polar surface area (TPSA) is 90.0 Å². The summed E-state index contributed by atoms with van der Waals surface area (Å²) in [4.78, 5) is -0.180. The normalized spacial score (nSPS) is 13.0. The predicted molar refractivity (Wildman–Crippen MR) is 131 cm³/mol. The number of nitrogens with zero attached hydrogens (tertiary/aromatic N) is 1. The number of hydrogen-bond donors (Lipinski definition) is 0. The van der Waals surface area contributed by atoms with Gasteiger partial charge in [-0.1, -0.05) is 45.2 Å². The smallest absolute Gasteiger partial charge is 0.256 e. The van der Waals surface area contributed by atoms with Crippen LogP contribution in [0.4, 0.5) is 0 Å². The number of hydrogen-bond acceptors (Lipinski definition) is 6. The average molecular weight is 504 g/mol. The molecule has 0 amide bonds. The van der Waals surface area contributed by atoms with E-state index >= 15 is 0 Å². The fourth-order valence-corrected chi connectivity index (χ4v) is 7.68. The van der Waals surface area contributed by atoms with E-state index in [0.717, 1.165) is 11.1 Å². The quantitative estimate of drug-likeness (QED) is 0.432. The van der Waals surface area contributed by atoms with Crippen LogP contribution in [0.3, 0.4) is 0 Å². The predicted octanol–water partition coefficient (Wildman–Crippen LogP) is 4.33. The second-order valence-corrected chi connectivity index (χ2v) is 12.0. The maximum atomic E-state index is 13.7. The lowest BCUT2D eigenvalue weighted by atomic mass is 10.1. The first-order chi connectivity index (χ1) is 16.0. The van der Waals surface area contributed by atoms with Crippen molar-refractivity contribution in [2.45, 2.75) is 43.0 Å². The van der Waals surface area contributed by atoms with Crippen LogP contribution in [0.15, 0.2) is 76.5 Å². The van der Waals surface area contributed by atoms with Gasteiger partial charge in [-0.05, 0) is 69.2 Å². The monoisotopic (exact) mass is 503 g/mol. The minimum absolute atomic E-state index is 0.0899. The molecule has 0 spiro atoms. The van der Waals surface area contributed by atoms with Crippen LogP contribution in [0.5, 0.6) is 11.5 Å². The van der Waals surface area contributed by atoms with Gasteiger partial charge in [0.1, 0.15) is 0 Å². The summed E-state index contributed by atoms with van der Waals surface area (Å²) in [6.45, 7) is 5.24. The summed E-state index contributed by atoms with van der Waals surface area (Å²) in [5.41, 5.74) is 2.43. The summed E-state index contributed by atoms with van der Waals surface area (Å²) in [7, 11) is -5.77. The molecule has 0 N–H and O–H groups in total. The van der Waals surface area contributed by atoms with Crippen LogP contribution in [0.25, 0.3) is 0 Å². The van der Waals surface area contributed by atoms with Crippen LogP contribution in [0, 0.1) is 13.8 Å². The van der Waals surface area contributed by atoms with Crippen molar-refractivity contribution < 1.29 is 26.3 Å². The van der Waals surface area contributed by atoms with Crippen molar-refractivity contribution in [3.05, 3.63) is 83.4 Å². The zero-order chi connectivity index (χ0) is 25.1. The van der Waals surface area contributed by atoms with Gasteiger partial charge in [-0.15, -0.1) is 0 Å². The number of methoxy groups -OCH3 is 2. The molecule has 0 bridgehead atoms. The molecule has 0 saturated carbocycles. The molecule has 0 aliphatic carbocycles. The number of benzene rings is 3. The van der Waals surface area contributed by atoms with Crippen LogP contribution in [-0.2, 0) is 26.5 Å². The third kappa shape index (κ3) is 5.27. The molecule has 0 aliphatic heterocycles. The number of rotatable bonds is 9. The lowest BCUT2D eigenvalue weighted by Gasteiger charge is -2.28. The van der Waals surface area contributed by atoms with Gasteiger partial charge in [-0.3, -0.25) is 0 Å². The Hall–Kier alpha value is -2.88. The van der Waals surface area contributed by atoms with Gasteiger partial charge in [0, 0.05) is 6.04 Å². The number of sulfonamides is 2. The fraction of sp³-hybridized carbons (Fsp3) is 0.280. The van der Waals surface area contributed by atoms with Gasteiger partial charge in [-0.2, -0.15) is 0 Å². The third-order valence-corrected chi connectivity index (χ3v) is 10.0. The molecule has 7 nitrogen and oxygen atoms in total. The zero-order valence-corrected chi connectivity index (χ0v) is 21.5. The molecule has 1 unspecified atom stereocenters. The van der Waals surface area contributed by atoms with E-state index in [1.165, 1.54) is 38.5 Å². The number of ether oxygens (including phenoxy) is 2. The highest BCUT2D eigenvalue weighted by atomic mass is 32.3. The van der Waals surface area contributed by atoms with Crippen molar-refractivity contribution in [3.8, 4) is 11.5 Å². The van der Waals surface area contributed by atoms with Gasteiger partial charge in [-0.25, -0.2) is 16.8 Å². The van der Waals surface area contributed by atoms with Gasteiger partial charge in [0.05, 0.1) is 24.0 Å². The minimum Gasteiger partial charge on any atom is -0.493 e. The Bertz CT molecular complexity index is 1270. The fourth-order valence-electron chi connectivity index (χ4n) is 3.65. The molecule has 34 heavy (non-hydrogen) atoms. The minimum atomic E-state index is -4.39. The Morgan fingerprint density at radius 2 is 1.15 bits per heavy atom. The van der Waals surface area contributed by atoms with Crippen molar-refractivity contribution in [1.29, 1.82) is 0 Å². The van der Waals surface area contributed by atoms with Gasteiger partial charge in [0.25, 0.3) is 20.0 Å². The summed E-state index contributed by atoms with van der Waals surface area (Å²) < 4.78 is 66.0. The Morgan fingerprint density at radius 1 is 0.706 bits per heavy atom. The molecule has 0 saturated heterocycles. The van der Waals surface area contributed by atoms with E-state index in [1.54, 1.807) is 49.4 Å². The van der Waals surface area contributed by atoms with Crippen LogP contribution in [0.2, 0.25) is 0 Å². The van der Waals surface area contributed by atoms with E-state index in [2.05, 4.69) is 0 Å². The summed E-state index contributed by atoms with van der Waals surface area (Å²) in [6.07, 6.45) is 0.135. The standard InChI is InChI=1S/C25H29NO6S2/c1-18-6-11-22(12-7-18)33(27,28)26(34(29,30)23-13-8-19(2)9-14-23)20(3)16-21-10-15-24(31-4)25(17-21)32-5/h6-15,17,20H,16H2,1-5H3. The second-order valence-electron chi connectivity index (χ2n) is 8.10. The van der Waals surface area contributed by atoms with E-state index in [1.807, 2.05) is 13.8 Å². The van der Waals surface area contributed by atoms with Gasteiger partial charge >= 0.3 is 0 Å². The SMILES string of the molecule is COc1ccc(CC(C)N(S(=O)(=O)c2ccc(C)cc2)S(=O)(=O)c2ccc(C)cc2)cc1OC. The highest BCUT2D eigenvalue weighted by molar-refractivity contribution is 8.04. The van der Waals surface area contributed by atoms with Crippen molar-refractivity contribution in [2.75, 3.05) is 14.2 Å². The molecule has 182 valence electrons. The van der Waals surface area contributed by atoms with Gasteiger partial charge in [0.15, 0.2) is 11.5 Å². The summed E-state index contributed by atoms with van der Waals surface area (Å²) >= 11 is 0. The molecule has 3 aromatic carbocycles. The van der Waals surface area contributed by atoms with Crippen LogP contribution in [0.1, 0.15) is 23.6 Å². The molecule has 0 fully saturated rings. The average Bonchev–Trinajstić information content (AvgIpc) is 2.79. The molecule has 0 heterocycles. The lowest BCUT2D eigenvalue weighted by molar-refractivity contribution is 0.354. The molecular formula is C25H29NO6S2. The largest absolute Gasteiger partial charge is 0.493 e. The van der Waals surface area contributed by atoms with E-state index in [-0.39, 0.29) is 16.2 Å². The molecular weight excluding hydrogens is 474 g/mol. The molecule has 3 rings (SSSR count). The number of aryl methyl sites for hydroxylation is 2. The van der Waals surface area contributed by atoms with Crippen LogP contribution in [-0.4, -0.2) is 40.8 Å². The molecule has 9 heteroatoms. The van der Waals surface area contributed by atoms with E-state index in [4.69, 9.17) is 9.47 Å². The zero-order valence-electron chi connectivity index (χ0n) is 19.8. The van der Waals surface area contributed by atoms with Gasteiger partial charge in [0.2, 0.25) is 0 Å². The molecule has 0 radical (unpaired) electrons. The molecule has 1 atom stereocenters. The maximum Gasteiger partial charge on any atom is 0.256 e. The van der Waals surface area contributed by atoms with Crippen LogP contribution < -0.4 is 9.47 Å². The highest BCUT2D eigenvalue weighted by Gasteiger charge is 2.40. The Kier molecular flexibility index (Phi) is 7.70. The molecule has 0 aliphatic rings. The van der Waals surface area contributed by atoms with Crippen molar-refractivity contribution in [2.24, 2.45) is 0 Å². The van der Waals surface area contributed by atoms with Gasteiger partial charge < -0.3 is 9.47 Å². The first-order valence-corrected chi connectivity index (χ1v) is 13.5. The van der Waals surface area contributed by atoms with Crippen molar-refractivity contribution in [1.82, 2.24) is 3.71 Å². The Morgan fingerprint density at radius 3 is 1.56 bits per heavy atom.